The minimum Gasteiger partial charge on any atom is -0.396 e. The summed E-state index contributed by atoms with van der Waals surface area (Å²) >= 11 is 0. The number of allylic oxidation sites excluding steroid dienone is 1. The van der Waals surface area contributed by atoms with E-state index in [9.17, 15) is 0 Å². The molecule has 1 N–H and O–H groups in total. The molecule has 0 aromatic heterocycles. The molecule has 0 fully saturated rings. The van der Waals surface area contributed by atoms with Crippen LogP contribution in [0, 0.1) is 11.8 Å². The molecule has 0 spiro atoms. The zero-order valence-electron chi connectivity index (χ0n) is 8.64. The molecule has 1 heteroatoms. The van der Waals surface area contributed by atoms with Gasteiger partial charge in [0.2, 0.25) is 0 Å². The van der Waals surface area contributed by atoms with Gasteiger partial charge in [-0.15, -0.1) is 0 Å². The fourth-order valence-corrected chi connectivity index (χ4v) is 1.48. The second-order valence-electron chi connectivity index (χ2n) is 4.17. The average Bonchev–Trinajstić information content (AvgIpc) is 1.84. The number of aliphatic hydroxyl groups excluding tert-OH is 1. The van der Waals surface area contributed by atoms with Crippen LogP contribution in [0.5, 0.6) is 0 Å². The lowest BCUT2D eigenvalue weighted by Gasteiger charge is -2.13. The summed E-state index contributed by atoms with van der Waals surface area (Å²) in [5.41, 5.74) is 1.32. The van der Waals surface area contributed by atoms with E-state index in [2.05, 4.69) is 27.4 Å². The lowest BCUT2D eigenvalue weighted by atomic mass is 9.94. The Hall–Kier alpha value is -0.300. The molecule has 1 unspecified atom stereocenters. The molecule has 1 nitrogen and oxygen atoms in total. The van der Waals surface area contributed by atoms with E-state index in [0.717, 1.165) is 19.3 Å². The first-order valence-electron chi connectivity index (χ1n) is 4.83. The Bertz CT molecular complexity index is 127. The Morgan fingerprint density at radius 1 is 1.25 bits per heavy atom. The molecule has 1 atom stereocenters. The van der Waals surface area contributed by atoms with E-state index in [1.807, 2.05) is 0 Å². The Kier molecular flexibility index (Phi) is 6.09. The van der Waals surface area contributed by atoms with E-state index < -0.39 is 0 Å². The molecule has 72 valence electrons. The molecule has 0 amide bonds. The number of rotatable bonds is 6. The molecule has 0 aromatic rings. The minimum absolute atomic E-state index is 0.302. The molecule has 0 saturated heterocycles. The standard InChI is InChI=1S/C11H22O/c1-9(2)7-11(4)8-10(3)5-6-12/h9-10,12H,4-8H2,1-3H3. The molecule has 0 saturated carbocycles. The van der Waals surface area contributed by atoms with Crippen molar-refractivity contribution >= 4 is 0 Å². The topological polar surface area (TPSA) is 20.2 Å². The maximum Gasteiger partial charge on any atom is 0.0433 e. The Morgan fingerprint density at radius 3 is 2.25 bits per heavy atom. The van der Waals surface area contributed by atoms with Crippen molar-refractivity contribution in [2.45, 2.75) is 40.0 Å². The van der Waals surface area contributed by atoms with Crippen LogP contribution in [0.25, 0.3) is 0 Å². The van der Waals surface area contributed by atoms with Crippen molar-refractivity contribution in [2.24, 2.45) is 11.8 Å². The summed E-state index contributed by atoms with van der Waals surface area (Å²) < 4.78 is 0. The van der Waals surface area contributed by atoms with Crippen molar-refractivity contribution in [1.29, 1.82) is 0 Å². The molecule has 0 bridgehead atoms. The first-order valence-corrected chi connectivity index (χ1v) is 4.83. The van der Waals surface area contributed by atoms with Crippen LogP contribution in [-0.2, 0) is 0 Å². The van der Waals surface area contributed by atoms with E-state index in [1.165, 1.54) is 5.57 Å². The van der Waals surface area contributed by atoms with Gasteiger partial charge < -0.3 is 5.11 Å². The van der Waals surface area contributed by atoms with Crippen LogP contribution in [0.15, 0.2) is 12.2 Å². The molecule has 0 heterocycles. The van der Waals surface area contributed by atoms with E-state index in [1.54, 1.807) is 0 Å². The predicted octanol–water partition coefficient (Wildman–Crippen LogP) is 3.00. The zero-order chi connectivity index (χ0) is 9.56. The summed E-state index contributed by atoms with van der Waals surface area (Å²) in [7, 11) is 0. The van der Waals surface area contributed by atoms with Crippen LogP contribution in [-0.4, -0.2) is 11.7 Å². The average molecular weight is 170 g/mol. The summed E-state index contributed by atoms with van der Waals surface area (Å²) in [4.78, 5) is 0. The number of hydrogen-bond donors (Lipinski definition) is 1. The van der Waals surface area contributed by atoms with Gasteiger partial charge in [-0.1, -0.05) is 32.9 Å². The van der Waals surface area contributed by atoms with Gasteiger partial charge in [0.25, 0.3) is 0 Å². The maximum absolute atomic E-state index is 8.70. The fourth-order valence-electron chi connectivity index (χ4n) is 1.48. The summed E-state index contributed by atoms with van der Waals surface area (Å²) in [5, 5.41) is 8.70. The maximum atomic E-state index is 8.70. The molecule has 0 rings (SSSR count). The summed E-state index contributed by atoms with van der Waals surface area (Å²) in [6, 6.07) is 0. The molecule has 0 aliphatic rings. The Balaban J connectivity index is 3.54. The predicted molar refractivity (Wildman–Crippen MR) is 54.1 cm³/mol. The van der Waals surface area contributed by atoms with Crippen molar-refractivity contribution in [3.05, 3.63) is 12.2 Å². The van der Waals surface area contributed by atoms with Crippen LogP contribution in [0.3, 0.4) is 0 Å². The van der Waals surface area contributed by atoms with Gasteiger partial charge in [0.1, 0.15) is 0 Å². The van der Waals surface area contributed by atoms with Crippen LogP contribution in [0.4, 0.5) is 0 Å². The van der Waals surface area contributed by atoms with Crippen molar-refractivity contribution in [1.82, 2.24) is 0 Å². The van der Waals surface area contributed by atoms with Gasteiger partial charge in [-0.2, -0.15) is 0 Å². The monoisotopic (exact) mass is 170 g/mol. The summed E-state index contributed by atoms with van der Waals surface area (Å²) in [6.45, 7) is 10.9. The van der Waals surface area contributed by atoms with Crippen molar-refractivity contribution in [2.75, 3.05) is 6.61 Å². The highest BCUT2D eigenvalue weighted by Crippen LogP contribution is 2.18. The molecule has 0 aromatic carbocycles. The van der Waals surface area contributed by atoms with E-state index in [4.69, 9.17) is 5.11 Å². The van der Waals surface area contributed by atoms with Crippen molar-refractivity contribution in [3.8, 4) is 0 Å². The van der Waals surface area contributed by atoms with Gasteiger partial charge >= 0.3 is 0 Å². The quantitative estimate of drug-likeness (QED) is 0.608. The molecule has 0 aliphatic carbocycles. The van der Waals surface area contributed by atoms with Crippen LogP contribution >= 0.6 is 0 Å². The SMILES string of the molecule is C=C(CC(C)C)CC(C)CCO. The van der Waals surface area contributed by atoms with Crippen LogP contribution < -0.4 is 0 Å². The molecule has 0 radical (unpaired) electrons. The summed E-state index contributed by atoms with van der Waals surface area (Å²) in [6.07, 6.45) is 3.09. The van der Waals surface area contributed by atoms with Crippen molar-refractivity contribution in [3.63, 3.8) is 0 Å². The van der Waals surface area contributed by atoms with Gasteiger partial charge in [0.15, 0.2) is 0 Å². The Labute approximate surface area is 76.5 Å². The molecular formula is C11H22O. The van der Waals surface area contributed by atoms with Gasteiger partial charge in [-0.25, -0.2) is 0 Å². The van der Waals surface area contributed by atoms with Crippen LogP contribution in [0.2, 0.25) is 0 Å². The highest BCUT2D eigenvalue weighted by atomic mass is 16.2. The van der Waals surface area contributed by atoms with Gasteiger partial charge in [0.05, 0.1) is 0 Å². The first-order chi connectivity index (χ1) is 5.56. The largest absolute Gasteiger partial charge is 0.396 e. The lowest BCUT2D eigenvalue weighted by molar-refractivity contribution is 0.261. The second-order valence-corrected chi connectivity index (χ2v) is 4.17. The van der Waals surface area contributed by atoms with E-state index in [0.29, 0.717) is 18.4 Å². The molecular weight excluding hydrogens is 148 g/mol. The lowest BCUT2D eigenvalue weighted by Crippen LogP contribution is -2.01. The Morgan fingerprint density at radius 2 is 1.83 bits per heavy atom. The fraction of sp³-hybridized carbons (Fsp3) is 0.818. The van der Waals surface area contributed by atoms with Gasteiger partial charge in [0, 0.05) is 6.61 Å². The third kappa shape index (κ3) is 6.41. The highest BCUT2D eigenvalue weighted by molar-refractivity contribution is 4.95. The zero-order valence-corrected chi connectivity index (χ0v) is 8.64. The first kappa shape index (κ1) is 11.7. The third-order valence-electron chi connectivity index (χ3n) is 1.96. The highest BCUT2D eigenvalue weighted by Gasteiger charge is 2.05. The van der Waals surface area contributed by atoms with E-state index >= 15 is 0 Å². The van der Waals surface area contributed by atoms with Crippen molar-refractivity contribution < 1.29 is 5.11 Å². The smallest absolute Gasteiger partial charge is 0.0433 e. The molecule has 12 heavy (non-hydrogen) atoms. The minimum atomic E-state index is 0.302. The normalized spacial score (nSPS) is 13.4. The van der Waals surface area contributed by atoms with Crippen LogP contribution in [0.1, 0.15) is 40.0 Å². The molecule has 0 aliphatic heterocycles. The number of aliphatic hydroxyl groups is 1. The van der Waals surface area contributed by atoms with Gasteiger partial charge in [-0.05, 0) is 31.1 Å². The summed E-state index contributed by atoms with van der Waals surface area (Å²) in [5.74, 6) is 1.29. The second kappa shape index (κ2) is 6.24. The van der Waals surface area contributed by atoms with E-state index in [-0.39, 0.29) is 0 Å². The number of hydrogen-bond acceptors (Lipinski definition) is 1. The third-order valence-corrected chi connectivity index (χ3v) is 1.96. The van der Waals surface area contributed by atoms with Gasteiger partial charge in [-0.3, -0.25) is 0 Å².